The maximum Gasteiger partial charge on any atom is 0.408 e. The van der Waals surface area contributed by atoms with Gasteiger partial charge < -0.3 is 39.2 Å². The summed E-state index contributed by atoms with van der Waals surface area (Å²) in [6.07, 6.45) is 2.23. The van der Waals surface area contributed by atoms with Crippen molar-refractivity contribution >= 4 is 22.2 Å². The van der Waals surface area contributed by atoms with Crippen LogP contribution in [0.4, 0.5) is 9.59 Å². The zero-order chi connectivity index (χ0) is 35.2. The predicted octanol–water partition coefficient (Wildman–Crippen LogP) is 2.90. The third-order valence-corrected chi connectivity index (χ3v) is 10.8. The molecular formula is C34H43N3O11S. The first-order chi connectivity index (χ1) is 23.4. The fourth-order valence-corrected chi connectivity index (χ4v) is 8.18. The molecule has 0 aromatic heterocycles. The highest BCUT2D eigenvalue weighted by atomic mass is 32.2. The van der Waals surface area contributed by atoms with E-state index in [4.69, 9.17) is 30.1 Å². The molecule has 5 rings (SSSR count). The van der Waals surface area contributed by atoms with E-state index in [0.717, 1.165) is 9.87 Å². The van der Waals surface area contributed by atoms with Crippen molar-refractivity contribution in [2.75, 3.05) is 46.2 Å². The first-order valence-corrected chi connectivity index (χ1v) is 17.5. The summed E-state index contributed by atoms with van der Waals surface area (Å²) in [6, 6.07) is 11.8. The van der Waals surface area contributed by atoms with Crippen LogP contribution in [-0.2, 0) is 30.7 Å². The highest BCUT2D eigenvalue weighted by Gasteiger charge is 2.49. The number of sulfonamides is 1. The molecule has 3 aliphatic heterocycles. The monoisotopic (exact) mass is 701 g/mol. The molecule has 0 aliphatic carbocycles. The zero-order valence-corrected chi connectivity index (χ0v) is 28.3. The Bertz CT molecular complexity index is 1610. The van der Waals surface area contributed by atoms with Crippen molar-refractivity contribution in [2.45, 2.75) is 62.5 Å². The number of carbonyl (C=O) groups excluding carboxylic acids is 1. The summed E-state index contributed by atoms with van der Waals surface area (Å²) in [7, 11) is -4.30. The van der Waals surface area contributed by atoms with Gasteiger partial charge in [0.2, 0.25) is 16.8 Å². The standard InChI is InChI=1S/C34H43N3O11S/c1-4-15-45-32(39)35-14-13-34(2,3)21-36(49(42,43)24-10-11-29-30(18-24)48-22-47-29)19-28(38)26(17-23-8-6-5-7-9-23)37(33(40)41)27-20-46-31-25(27)12-16-44-31/h1,5-11,18,25-28,31,38H,12-17,19-22H2,2-3H3,(H,35,39)(H,40,41)/t25-,26-,27-,28+,31+/m0/s1. The Morgan fingerprint density at radius 2 is 1.90 bits per heavy atom. The lowest BCUT2D eigenvalue weighted by atomic mass is 9.89. The molecule has 0 saturated carbocycles. The lowest BCUT2D eigenvalue weighted by molar-refractivity contribution is -0.0906. The second kappa shape index (κ2) is 15.6. The minimum Gasteiger partial charge on any atom is -0.465 e. The Labute approximate surface area is 286 Å². The maximum absolute atomic E-state index is 14.4. The SMILES string of the molecule is C#CCOC(=O)NCCC(C)(C)CN(C[C@@H](O)[C@H](Cc1ccccc1)N(C(=O)O)[C@H]1CO[C@H]2OCC[C@H]21)S(=O)(=O)c1ccc2c(c1)OCO2. The number of nitrogens with one attached hydrogen (secondary N) is 1. The fourth-order valence-electron chi connectivity index (χ4n) is 6.52. The van der Waals surface area contributed by atoms with Gasteiger partial charge >= 0.3 is 12.2 Å². The van der Waals surface area contributed by atoms with Gasteiger partial charge in [0.15, 0.2) is 24.4 Å². The summed E-state index contributed by atoms with van der Waals surface area (Å²) >= 11 is 0. The number of aliphatic hydroxyl groups excluding tert-OH is 1. The minimum atomic E-state index is -4.30. The number of amides is 2. The molecule has 2 saturated heterocycles. The number of nitrogens with zero attached hydrogens (tertiary/aromatic N) is 2. The van der Waals surface area contributed by atoms with Gasteiger partial charge in [-0.1, -0.05) is 50.1 Å². The summed E-state index contributed by atoms with van der Waals surface area (Å²) in [5.41, 5.74) is 0.0294. The van der Waals surface area contributed by atoms with Crippen LogP contribution in [-0.4, -0.2) is 111 Å². The number of rotatable bonds is 15. The third kappa shape index (κ3) is 8.75. The quantitative estimate of drug-likeness (QED) is 0.233. The van der Waals surface area contributed by atoms with Crippen LogP contribution in [0, 0.1) is 23.7 Å². The minimum absolute atomic E-state index is 0.0466. The number of fused-ring (bicyclic) bond motifs is 2. The molecule has 0 unspecified atom stereocenters. The number of carbonyl (C=O) groups is 2. The van der Waals surface area contributed by atoms with E-state index in [2.05, 4.69) is 11.2 Å². The van der Waals surface area contributed by atoms with E-state index in [9.17, 15) is 28.2 Å². The van der Waals surface area contributed by atoms with Crippen LogP contribution in [0.25, 0.3) is 0 Å². The van der Waals surface area contributed by atoms with Crippen molar-refractivity contribution in [2.24, 2.45) is 11.3 Å². The maximum atomic E-state index is 14.4. The predicted molar refractivity (Wildman–Crippen MR) is 175 cm³/mol. The molecular weight excluding hydrogens is 658 g/mol. The smallest absolute Gasteiger partial charge is 0.408 e. The Balaban J connectivity index is 1.45. The van der Waals surface area contributed by atoms with Gasteiger partial charge in [-0.05, 0) is 42.4 Å². The van der Waals surface area contributed by atoms with Crippen LogP contribution in [0.5, 0.6) is 11.5 Å². The van der Waals surface area contributed by atoms with Crippen LogP contribution >= 0.6 is 0 Å². The first kappa shape index (κ1) is 36.2. The van der Waals surface area contributed by atoms with Gasteiger partial charge in [0, 0.05) is 31.6 Å². The van der Waals surface area contributed by atoms with Crippen LogP contribution in [0.3, 0.4) is 0 Å². The summed E-state index contributed by atoms with van der Waals surface area (Å²) in [5.74, 6) is 2.66. The van der Waals surface area contributed by atoms with Crippen molar-refractivity contribution in [1.82, 2.24) is 14.5 Å². The normalized spacial score (nSPS) is 21.1. The Kier molecular flexibility index (Phi) is 11.6. The summed E-state index contributed by atoms with van der Waals surface area (Å²) in [4.78, 5) is 26.1. The number of terminal acetylenes is 1. The van der Waals surface area contributed by atoms with E-state index in [1.807, 2.05) is 44.2 Å². The highest BCUT2D eigenvalue weighted by Crippen LogP contribution is 2.38. The fraction of sp³-hybridized carbons (Fsp3) is 0.529. The van der Waals surface area contributed by atoms with E-state index < -0.39 is 58.6 Å². The number of benzene rings is 2. The number of carboxylic acid groups (broad SMARTS) is 1. The Morgan fingerprint density at radius 3 is 2.63 bits per heavy atom. The van der Waals surface area contributed by atoms with Crippen LogP contribution in [0.15, 0.2) is 53.4 Å². The van der Waals surface area contributed by atoms with E-state index >= 15 is 0 Å². The van der Waals surface area contributed by atoms with E-state index in [0.29, 0.717) is 25.2 Å². The number of hydrogen-bond acceptors (Lipinski definition) is 10. The average molecular weight is 702 g/mol. The molecule has 3 N–H and O–H groups in total. The Morgan fingerprint density at radius 1 is 1.14 bits per heavy atom. The van der Waals surface area contributed by atoms with Crippen molar-refractivity contribution in [3.05, 3.63) is 54.1 Å². The van der Waals surface area contributed by atoms with Gasteiger partial charge in [0.25, 0.3) is 0 Å². The second-order valence-corrected chi connectivity index (χ2v) is 15.0. The molecule has 2 fully saturated rings. The van der Waals surface area contributed by atoms with Gasteiger partial charge in [0.1, 0.15) is 0 Å². The van der Waals surface area contributed by atoms with Crippen LogP contribution in [0.1, 0.15) is 32.3 Å². The van der Waals surface area contributed by atoms with Gasteiger partial charge in [-0.3, -0.25) is 4.90 Å². The molecule has 5 atom stereocenters. The lowest BCUT2D eigenvalue weighted by Gasteiger charge is -2.40. The molecule has 266 valence electrons. The van der Waals surface area contributed by atoms with Crippen molar-refractivity contribution in [3.63, 3.8) is 0 Å². The topological polar surface area (TPSA) is 173 Å². The van der Waals surface area contributed by atoms with Crippen molar-refractivity contribution in [1.29, 1.82) is 0 Å². The van der Waals surface area contributed by atoms with E-state index in [1.54, 1.807) is 0 Å². The number of ether oxygens (including phenoxy) is 5. The van der Waals surface area contributed by atoms with Crippen molar-refractivity contribution in [3.8, 4) is 23.8 Å². The lowest BCUT2D eigenvalue weighted by Crippen LogP contribution is -2.58. The van der Waals surface area contributed by atoms with Crippen LogP contribution < -0.4 is 14.8 Å². The van der Waals surface area contributed by atoms with Gasteiger partial charge in [-0.15, -0.1) is 6.42 Å². The summed E-state index contributed by atoms with van der Waals surface area (Å²) in [6.45, 7) is 3.58. The molecule has 3 heterocycles. The van der Waals surface area contributed by atoms with Gasteiger partial charge in [-0.25, -0.2) is 18.0 Å². The molecule has 2 aromatic carbocycles. The third-order valence-electron chi connectivity index (χ3n) is 9.01. The van der Waals surface area contributed by atoms with Crippen LogP contribution in [0.2, 0.25) is 0 Å². The average Bonchev–Trinajstić information content (AvgIpc) is 3.82. The summed E-state index contributed by atoms with van der Waals surface area (Å²) < 4.78 is 57.0. The number of alkyl carbamates (subject to hydrolysis) is 1. The zero-order valence-electron chi connectivity index (χ0n) is 27.5. The molecule has 15 heteroatoms. The number of aliphatic hydroxyl groups is 1. The second-order valence-electron chi connectivity index (χ2n) is 13.0. The van der Waals surface area contributed by atoms with E-state index in [1.165, 1.54) is 23.1 Å². The summed E-state index contributed by atoms with van der Waals surface area (Å²) in [5, 5.41) is 25.2. The van der Waals surface area contributed by atoms with Gasteiger partial charge in [0.05, 0.1) is 36.3 Å². The van der Waals surface area contributed by atoms with Crippen molar-refractivity contribution < 1.29 is 51.9 Å². The molecule has 0 bridgehead atoms. The molecule has 2 amide bonds. The molecule has 49 heavy (non-hydrogen) atoms. The Hall–Kier alpha value is -4.07. The molecule has 0 spiro atoms. The highest BCUT2D eigenvalue weighted by molar-refractivity contribution is 7.89. The molecule has 2 aromatic rings. The molecule has 0 radical (unpaired) electrons. The molecule has 3 aliphatic rings. The van der Waals surface area contributed by atoms with E-state index in [-0.39, 0.29) is 56.1 Å². The number of hydrogen-bond donors (Lipinski definition) is 3. The first-order valence-electron chi connectivity index (χ1n) is 16.1. The largest absolute Gasteiger partial charge is 0.465 e. The van der Waals surface area contributed by atoms with Gasteiger partial charge in [-0.2, -0.15) is 4.31 Å². The molecule has 14 nitrogen and oxygen atoms in total.